The van der Waals surface area contributed by atoms with Gasteiger partial charge in [0, 0.05) is 12.1 Å². The van der Waals surface area contributed by atoms with Crippen molar-refractivity contribution >= 4 is 45.3 Å². The summed E-state index contributed by atoms with van der Waals surface area (Å²) in [5.74, 6) is -1.79. The molecule has 1 aliphatic rings. The fourth-order valence-electron chi connectivity index (χ4n) is 3.06. The van der Waals surface area contributed by atoms with Crippen molar-refractivity contribution in [3.63, 3.8) is 0 Å². The highest BCUT2D eigenvalue weighted by molar-refractivity contribution is 6.47. The minimum atomic E-state index is -5.91. The van der Waals surface area contributed by atoms with Gasteiger partial charge in [0.15, 0.2) is 0 Å². The van der Waals surface area contributed by atoms with Crippen molar-refractivity contribution < 1.29 is 35.9 Å². The van der Waals surface area contributed by atoms with E-state index in [9.17, 15) is 31.1 Å². The van der Waals surface area contributed by atoms with E-state index in [4.69, 9.17) is 39.2 Å². The van der Waals surface area contributed by atoms with Crippen LogP contribution in [0.4, 0.5) is 31.1 Å². The Morgan fingerprint density at radius 3 is 1.78 bits per heavy atom. The lowest BCUT2D eigenvalue weighted by Gasteiger charge is -2.66. The summed E-state index contributed by atoms with van der Waals surface area (Å²) in [4.78, 5) is 13.4. The zero-order chi connectivity index (χ0) is 21.8. The summed E-state index contributed by atoms with van der Waals surface area (Å²) in [6.07, 6.45) is -18.3. The van der Waals surface area contributed by atoms with Gasteiger partial charge < -0.3 is 14.5 Å². The molecular formula is C12H13B5F6N2O2. The second-order valence-electron chi connectivity index (χ2n) is 7.30. The van der Waals surface area contributed by atoms with Crippen molar-refractivity contribution in [2.24, 2.45) is 0 Å². The predicted octanol–water partition coefficient (Wildman–Crippen LogP) is 0.508. The first kappa shape index (κ1) is 24.2. The van der Waals surface area contributed by atoms with Crippen LogP contribution in [0.5, 0.6) is 0 Å². The lowest BCUT2D eigenvalue weighted by Crippen LogP contribution is -2.82. The van der Waals surface area contributed by atoms with Crippen LogP contribution in [-0.2, 0) is 4.74 Å². The summed E-state index contributed by atoms with van der Waals surface area (Å²) in [6.45, 7) is 3.95. The van der Waals surface area contributed by atoms with Crippen molar-refractivity contribution in [2.45, 2.75) is 61.4 Å². The number of alkyl halides is 6. The summed E-state index contributed by atoms with van der Waals surface area (Å²) >= 11 is 0. The molecule has 0 saturated carbocycles. The molecule has 27 heavy (non-hydrogen) atoms. The lowest BCUT2D eigenvalue weighted by atomic mass is 9.43. The minimum Gasteiger partial charge on any atom is -0.426 e. The number of ether oxygens (including phenoxy) is 1. The number of nitrogens with zero attached hydrogens (tertiary/aromatic N) is 2. The maximum absolute atomic E-state index is 12.6. The van der Waals surface area contributed by atoms with E-state index in [1.807, 2.05) is 0 Å². The molecular weight excluding hydrogens is 372 g/mol. The maximum Gasteiger partial charge on any atom is 0.434 e. The summed E-state index contributed by atoms with van der Waals surface area (Å²) < 4.78 is 79.3. The normalized spacial score (nSPS) is 24.1. The molecule has 1 unspecified atom stereocenters. The van der Waals surface area contributed by atoms with Crippen LogP contribution < -0.4 is 0 Å². The number of piperazine rings is 1. The standard InChI is InChI=1S/C12H13B5F6N2O2/c1-8(2,3)25-9(14,15)4-24(6(13)10(25,16)17)7(26)27-5(11(18,19)20)12(21,22)23/h5-6H,4H2,1-3H3. The molecule has 1 rings (SSSR count). The van der Waals surface area contributed by atoms with Crippen molar-refractivity contribution in [2.75, 3.05) is 6.54 Å². The van der Waals surface area contributed by atoms with Crippen LogP contribution >= 0.6 is 0 Å². The van der Waals surface area contributed by atoms with Crippen LogP contribution in [0, 0.1) is 0 Å². The molecule has 0 aromatic rings. The molecule has 140 valence electrons. The van der Waals surface area contributed by atoms with Crippen LogP contribution in [-0.4, -0.2) is 102 Å². The largest absolute Gasteiger partial charge is 0.434 e. The van der Waals surface area contributed by atoms with Gasteiger partial charge in [-0.15, -0.1) is 0 Å². The highest BCUT2D eigenvalue weighted by Crippen LogP contribution is 2.39. The molecule has 1 amide bonds. The molecule has 1 saturated heterocycles. The Kier molecular flexibility index (Phi) is 6.16. The van der Waals surface area contributed by atoms with E-state index < -0.39 is 53.2 Å². The highest BCUT2D eigenvalue weighted by Gasteiger charge is 2.61. The topological polar surface area (TPSA) is 32.8 Å². The number of amides is 1. The first-order chi connectivity index (χ1) is 11.6. The summed E-state index contributed by atoms with van der Waals surface area (Å²) in [5.41, 5.74) is -0.929. The van der Waals surface area contributed by atoms with Gasteiger partial charge in [-0.05, 0) is 37.4 Å². The van der Waals surface area contributed by atoms with E-state index >= 15 is 0 Å². The fourth-order valence-corrected chi connectivity index (χ4v) is 3.06. The second kappa shape index (κ2) is 6.88. The molecule has 0 aliphatic carbocycles. The monoisotopic (exact) mass is 386 g/mol. The highest BCUT2D eigenvalue weighted by atomic mass is 19.4. The molecule has 4 nitrogen and oxygen atoms in total. The van der Waals surface area contributed by atoms with Crippen LogP contribution in [0.2, 0.25) is 0 Å². The van der Waals surface area contributed by atoms with Crippen LogP contribution in [0.3, 0.4) is 0 Å². The first-order valence-corrected chi connectivity index (χ1v) is 7.45. The second-order valence-corrected chi connectivity index (χ2v) is 7.30. The molecule has 1 heterocycles. The van der Waals surface area contributed by atoms with E-state index in [0.717, 1.165) is 4.90 Å². The van der Waals surface area contributed by atoms with Gasteiger partial charge in [-0.1, -0.05) is 0 Å². The van der Waals surface area contributed by atoms with Crippen LogP contribution in [0.1, 0.15) is 20.8 Å². The van der Waals surface area contributed by atoms with Crippen molar-refractivity contribution in [1.29, 1.82) is 0 Å². The Hall–Kier alpha value is -0.865. The van der Waals surface area contributed by atoms with Crippen molar-refractivity contribution in [1.82, 2.24) is 9.80 Å². The molecule has 1 atom stereocenters. The Bertz CT molecular complexity index is 564. The van der Waals surface area contributed by atoms with Crippen LogP contribution in [0.25, 0.3) is 0 Å². The van der Waals surface area contributed by atoms with Gasteiger partial charge in [0.2, 0.25) is 0 Å². The molecule has 0 aromatic carbocycles. The Balaban J connectivity index is 3.23. The number of rotatable bonds is 1. The zero-order valence-corrected chi connectivity index (χ0v) is 14.7. The third-order valence-electron chi connectivity index (χ3n) is 3.76. The number of carbonyl (C=O) groups excluding carboxylic acids is 1. The summed E-state index contributed by atoms with van der Waals surface area (Å²) in [5, 5.41) is -4.24. The van der Waals surface area contributed by atoms with Gasteiger partial charge in [-0.3, -0.25) is 0 Å². The average molecular weight is 385 g/mol. The summed E-state index contributed by atoms with van der Waals surface area (Å²) in [6, 6.07) is 0. The minimum absolute atomic E-state index is 0.229. The Morgan fingerprint density at radius 2 is 1.44 bits per heavy atom. The molecule has 0 N–H and O–H groups in total. The SMILES string of the molecule is [B]C1N(C(=O)OC(C(F)(F)F)C(F)(F)F)CC([B])([B])N(C(C)(C)C)C1([B])[B]. The first-order valence-electron chi connectivity index (χ1n) is 7.45. The van der Waals surface area contributed by atoms with Crippen molar-refractivity contribution in [3.05, 3.63) is 0 Å². The van der Waals surface area contributed by atoms with Gasteiger partial charge >= 0.3 is 18.4 Å². The number of hydrogen-bond donors (Lipinski definition) is 0. The summed E-state index contributed by atoms with van der Waals surface area (Å²) in [7, 11) is 29.2. The zero-order valence-electron chi connectivity index (χ0n) is 14.7. The number of halogens is 6. The van der Waals surface area contributed by atoms with Gasteiger partial charge in [-0.25, -0.2) is 4.79 Å². The lowest BCUT2D eigenvalue weighted by molar-refractivity contribution is -0.308. The Labute approximate surface area is 159 Å². The Morgan fingerprint density at radius 1 is 1.04 bits per heavy atom. The molecule has 1 aliphatic heterocycles. The molecule has 15 heteroatoms. The van der Waals surface area contributed by atoms with Gasteiger partial charge in [0.25, 0.3) is 6.10 Å². The third kappa shape index (κ3) is 4.95. The molecule has 0 bridgehead atoms. The number of hydrogen-bond acceptors (Lipinski definition) is 3. The van der Waals surface area contributed by atoms with Gasteiger partial charge in [0.1, 0.15) is 0 Å². The number of carbonyl (C=O) groups is 1. The smallest absolute Gasteiger partial charge is 0.426 e. The maximum atomic E-state index is 12.6. The third-order valence-corrected chi connectivity index (χ3v) is 3.76. The average Bonchev–Trinajstić information content (AvgIpc) is 2.34. The molecule has 10 radical (unpaired) electrons. The van der Waals surface area contributed by atoms with Crippen LogP contribution in [0.15, 0.2) is 0 Å². The van der Waals surface area contributed by atoms with Gasteiger partial charge in [0.05, 0.1) is 39.2 Å². The van der Waals surface area contributed by atoms with E-state index in [2.05, 4.69) is 4.74 Å². The fraction of sp³-hybridized carbons (Fsp3) is 0.917. The van der Waals surface area contributed by atoms with E-state index in [1.165, 1.54) is 0 Å². The molecule has 0 aromatic heterocycles. The van der Waals surface area contributed by atoms with E-state index in [0.29, 0.717) is 0 Å². The van der Waals surface area contributed by atoms with Crippen molar-refractivity contribution in [3.8, 4) is 0 Å². The van der Waals surface area contributed by atoms with E-state index in [1.54, 1.807) is 20.8 Å². The van der Waals surface area contributed by atoms with Gasteiger partial charge in [-0.2, -0.15) is 26.3 Å². The predicted molar refractivity (Wildman–Crippen MR) is 88.7 cm³/mol. The quantitative estimate of drug-likeness (QED) is 0.487. The van der Waals surface area contributed by atoms with E-state index in [-0.39, 0.29) is 4.90 Å². The molecule has 1 fully saturated rings. The molecule has 0 spiro atoms.